The molecule has 0 fully saturated rings. The molecule has 0 unspecified atom stereocenters. The first-order valence-electron chi connectivity index (χ1n) is 2.26. The van der Waals surface area contributed by atoms with Crippen LogP contribution in [-0.2, 0) is 0 Å². The molecule has 0 aromatic rings. The number of rotatable bonds is 3. The van der Waals surface area contributed by atoms with Crippen molar-refractivity contribution in [2.24, 2.45) is 0 Å². The van der Waals surface area contributed by atoms with Gasteiger partial charge in [-0.15, -0.1) is 0 Å². The van der Waals surface area contributed by atoms with Crippen LogP contribution in [-0.4, -0.2) is 36.1 Å². The van der Waals surface area contributed by atoms with Crippen LogP contribution >= 0.6 is 0 Å². The van der Waals surface area contributed by atoms with Gasteiger partial charge in [0.25, 0.3) is 0 Å². The molecule has 0 atom stereocenters. The van der Waals surface area contributed by atoms with Gasteiger partial charge in [-0.05, 0) is 0 Å². The van der Waals surface area contributed by atoms with Crippen molar-refractivity contribution in [2.45, 2.75) is 10.9 Å². The van der Waals surface area contributed by atoms with Crippen molar-refractivity contribution in [1.29, 1.82) is 0 Å². The summed E-state index contributed by atoms with van der Waals surface area (Å²) >= 11 is 1.42. The van der Waals surface area contributed by atoms with E-state index in [0.29, 0.717) is 0 Å². The molecule has 36 valence electrons. The fraction of sp³-hybridized carbons (Fsp3) is 1.00. The molecule has 0 saturated carbocycles. The van der Waals surface area contributed by atoms with Crippen LogP contribution in [0.4, 0.5) is 0 Å². The van der Waals surface area contributed by atoms with Crippen LogP contribution in [0, 0.1) is 0 Å². The predicted molar refractivity (Wildman–Crippen MR) is 30.5 cm³/mol. The molecule has 0 aromatic heterocycles. The average molecular weight is 192 g/mol. The summed E-state index contributed by atoms with van der Waals surface area (Å²) in [5, 5.41) is 3.09. The molecule has 0 aliphatic carbocycles. The van der Waals surface area contributed by atoms with E-state index in [-0.39, 0.29) is 0 Å². The molecular formula is C4H11NSn. The Morgan fingerprint density at radius 1 is 1.67 bits per heavy atom. The van der Waals surface area contributed by atoms with E-state index in [4.69, 9.17) is 0 Å². The fourth-order valence-electron chi connectivity index (χ4n) is 0.279. The molecule has 0 saturated heterocycles. The van der Waals surface area contributed by atoms with Crippen molar-refractivity contribution in [3.05, 3.63) is 0 Å². The van der Waals surface area contributed by atoms with Crippen LogP contribution in [0.25, 0.3) is 0 Å². The maximum atomic E-state index is 3.09. The molecule has 0 bridgehead atoms. The molecule has 0 aliphatic heterocycles. The molecule has 1 nitrogen and oxygen atoms in total. The summed E-state index contributed by atoms with van der Waals surface area (Å²) in [5.74, 6) is 0. The van der Waals surface area contributed by atoms with Crippen molar-refractivity contribution < 1.29 is 0 Å². The SMILES string of the molecule is CNCC[CH2][SnH]. The van der Waals surface area contributed by atoms with Gasteiger partial charge in [0.1, 0.15) is 0 Å². The minimum atomic E-state index is 1.20. The monoisotopic (exact) mass is 193 g/mol. The van der Waals surface area contributed by atoms with Crippen molar-refractivity contribution in [3.8, 4) is 0 Å². The van der Waals surface area contributed by atoms with Crippen molar-refractivity contribution in [1.82, 2.24) is 5.32 Å². The Morgan fingerprint density at radius 3 is 2.50 bits per heavy atom. The topological polar surface area (TPSA) is 12.0 Å². The first-order valence-corrected chi connectivity index (χ1v) is 4.59. The van der Waals surface area contributed by atoms with E-state index in [1.54, 1.807) is 0 Å². The molecule has 0 heterocycles. The summed E-state index contributed by atoms with van der Waals surface area (Å²) in [5.41, 5.74) is 0. The molecule has 2 heteroatoms. The van der Waals surface area contributed by atoms with E-state index in [2.05, 4.69) is 5.32 Å². The van der Waals surface area contributed by atoms with Gasteiger partial charge in [0, 0.05) is 0 Å². The summed E-state index contributed by atoms with van der Waals surface area (Å²) in [6.07, 6.45) is 1.36. The van der Waals surface area contributed by atoms with Gasteiger partial charge in [0.15, 0.2) is 0 Å². The Kier molecular flexibility index (Phi) is 6.49. The van der Waals surface area contributed by atoms with E-state index >= 15 is 0 Å². The second kappa shape index (κ2) is 5.76. The van der Waals surface area contributed by atoms with Crippen LogP contribution in [0.3, 0.4) is 0 Å². The van der Waals surface area contributed by atoms with Gasteiger partial charge in [0.2, 0.25) is 0 Å². The van der Waals surface area contributed by atoms with Gasteiger partial charge in [-0.2, -0.15) is 0 Å². The van der Waals surface area contributed by atoms with E-state index in [1.807, 2.05) is 7.05 Å². The van der Waals surface area contributed by atoms with Crippen molar-refractivity contribution in [3.63, 3.8) is 0 Å². The number of hydrogen-bond donors (Lipinski definition) is 1. The molecule has 2 radical (unpaired) electrons. The van der Waals surface area contributed by atoms with Gasteiger partial charge >= 0.3 is 52.3 Å². The maximum absolute atomic E-state index is 3.09. The summed E-state index contributed by atoms with van der Waals surface area (Å²) in [7, 11) is 2.00. The molecule has 1 N–H and O–H groups in total. The normalized spacial score (nSPS) is 9.00. The zero-order chi connectivity index (χ0) is 4.83. The Hall–Kier alpha value is 0.759. The Labute approximate surface area is 52.6 Å². The molecule has 0 spiro atoms. The van der Waals surface area contributed by atoms with Crippen LogP contribution < -0.4 is 5.32 Å². The van der Waals surface area contributed by atoms with Crippen molar-refractivity contribution >= 4 is 22.5 Å². The Morgan fingerprint density at radius 2 is 2.33 bits per heavy atom. The zero-order valence-corrected chi connectivity index (χ0v) is 7.49. The van der Waals surface area contributed by atoms with Crippen LogP contribution in [0.1, 0.15) is 6.42 Å². The number of hydrogen-bond acceptors (Lipinski definition) is 1. The quantitative estimate of drug-likeness (QED) is 0.486. The number of nitrogens with one attached hydrogen (secondary N) is 1. The Bertz CT molecular complexity index is 19.5. The Balaban J connectivity index is 2.34. The third-order valence-corrected chi connectivity index (χ3v) is 1.80. The van der Waals surface area contributed by atoms with Gasteiger partial charge in [-0.1, -0.05) is 0 Å². The molecule has 0 aliphatic rings. The first-order chi connectivity index (χ1) is 2.91. The molecule has 0 rings (SSSR count). The minimum absolute atomic E-state index is 1.20. The van der Waals surface area contributed by atoms with E-state index in [1.165, 1.54) is 39.9 Å². The van der Waals surface area contributed by atoms with Gasteiger partial charge < -0.3 is 0 Å². The summed E-state index contributed by atoms with van der Waals surface area (Å²) in [6, 6.07) is 0. The van der Waals surface area contributed by atoms with Crippen LogP contribution in [0.5, 0.6) is 0 Å². The third-order valence-electron chi connectivity index (χ3n) is 0.631. The fourth-order valence-corrected chi connectivity index (χ4v) is 0.861. The summed E-state index contributed by atoms with van der Waals surface area (Å²) in [6.45, 7) is 1.20. The molecule has 0 amide bonds. The summed E-state index contributed by atoms with van der Waals surface area (Å²) in [4.78, 5) is 0. The average Bonchev–Trinajstić information content (AvgIpc) is 1.61. The van der Waals surface area contributed by atoms with Gasteiger partial charge in [-0.3, -0.25) is 0 Å². The summed E-state index contributed by atoms with van der Waals surface area (Å²) < 4.78 is 1.42. The first kappa shape index (κ1) is 6.76. The standard InChI is InChI=1S/C4H10N.Sn.H/c1-3-4-5-2;;/h5H,1,3-4H2,2H3;;. The van der Waals surface area contributed by atoms with E-state index in [0.717, 1.165) is 0 Å². The van der Waals surface area contributed by atoms with Crippen molar-refractivity contribution in [2.75, 3.05) is 13.6 Å². The van der Waals surface area contributed by atoms with Crippen LogP contribution in [0.15, 0.2) is 0 Å². The molecule has 6 heavy (non-hydrogen) atoms. The molecule has 0 aromatic carbocycles. The molecular weight excluding hydrogens is 181 g/mol. The second-order valence-electron chi connectivity index (χ2n) is 1.25. The van der Waals surface area contributed by atoms with E-state index in [9.17, 15) is 0 Å². The van der Waals surface area contributed by atoms with Gasteiger partial charge in [-0.25, -0.2) is 0 Å². The predicted octanol–water partition coefficient (Wildman–Crippen LogP) is -0.0850. The zero-order valence-electron chi connectivity index (χ0n) is 4.20. The second-order valence-corrected chi connectivity index (χ2v) is 2.89. The third kappa shape index (κ3) is 4.76. The van der Waals surface area contributed by atoms with Gasteiger partial charge in [0.05, 0.1) is 0 Å². The van der Waals surface area contributed by atoms with Crippen LogP contribution in [0.2, 0.25) is 4.44 Å². The van der Waals surface area contributed by atoms with E-state index < -0.39 is 0 Å².